The van der Waals surface area contributed by atoms with Crippen molar-refractivity contribution in [3.63, 3.8) is 0 Å². The number of halogens is 3. The fraction of sp³-hybridized carbons (Fsp3) is 0.0500. The Labute approximate surface area is 162 Å². The third-order valence-electron chi connectivity index (χ3n) is 4.02. The van der Waals surface area contributed by atoms with Crippen LogP contribution in [0.1, 0.15) is 5.56 Å². The van der Waals surface area contributed by atoms with Gasteiger partial charge in [-0.25, -0.2) is 18.7 Å². The molecule has 7 heteroatoms. The van der Waals surface area contributed by atoms with Gasteiger partial charge in [0.25, 0.3) is 0 Å². The van der Waals surface area contributed by atoms with Crippen molar-refractivity contribution in [2.24, 2.45) is 0 Å². The van der Waals surface area contributed by atoms with Gasteiger partial charge >= 0.3 is 0 Å². The Morgan fingerprint density at radius 2 is 1.85 bits per heavy atom. The SMILES string of the molecule is Fc1ccc(CNc2nc(-c3cccnc3)nc3ccc(Br)cc23)cc1F. The standard InChI is InChI=1S/C20H13BrF2N4/c21-14-4-6-18-15(9-14)20(25-10-12-3-5-16(22)17(23)8-12)27-19(26-18)13-2-1-7-24-11-13/h1-9,11H,10H2,(H,25,26,27). The van der Waals surface area contributed by atoms with E-state index >= 15 is 0 Å². The van der Waals surface area contributed by atoms with Gasteiger partial charge in [-0.3, -0.25) is 4.98 Å². The number of aromatic nitrogens is 3. The van der Waals surface area contributed by atoms with E-state index in [0.717, 1.165) is 27.0 Å². The van der Waals surface area contributed by atoms with E-state index in [2.05, 4.69) is 36.2 Å². The first-order valence-corrected chi connectivity index (χ1v) is 8.95. The third-order valence-corrected chi connectivity index (χ3v) is 4.51. The number of fused-ring (bicyclic) bond motifs is 1. The van der Waals surface area contributed by atoms with Gasteiger partial charge in [-0.2, -0.15) is 0 Å². The Bertz CT molecular complexity index is 1120. The molecular weight excluding hydrogens is 414 g/mol. The normalized spacial score (nSPS) is 10.9. The van der Waals surface area contributed by atoms with Gasteiger partial charge < -0.3 is 5.32 Å². The van der Waals surface area contributed by atoms with Gasteiger partial charge in [-0.1, -0.05) is 22.0 Å². The van der Waals surface area contributed by atoms with Crippen LogP contribution in [0.25, 0.3) is 22.3 Å². The second kappa shape index (κ2) is 7.36. The Morgan fingerprint density at radius 3 is 2.63 bits per heavy atom. The van der Waals surface area contributed by atoms with Gasteiger partial charge in [0.2, 0.25) is 0 Å². The molecule has 0 atom stereocenters. The van der Waals surface area contributed by atoms with Crippen LogP contribution in [-0.4, -0.2) is 15.0 Å². The smallest absolute Gasteiger partial charge is 0.163 e. The van der Waals surface area contributed by atoms with Gasteiger partial charge in [0.05, 0.1) is 5.52 Å². The minimum atomic E-state index is -0.874. The van der Waals surface area contributed by atoms with Crippen molar-refractivity contribution in [1.29, 1.82) is 0 Å². The van der Waals surface area contributed by atoms with E-state index in [1.165, 1.54) is 12.1 Å². The summed E-state index contributed by atoms with van der Waals surface area (Å²) in [5.74, 6) is -0.606. The van der Waals surface area contributed by atoms with Crippen molar-refractivity contribution in [3.8, 4) is 11.4 Å². The number of rotatable bonds is 4. The molecule has 134 valence electrons. The van der Waals surface area contributed by atoms with E-state index in [-0.39, 0.29) is 0 Å². The van der Waals surface area contributed by atoms with Crippen LogP contribution < -0.4 is 5.32 Å². The molecule has 27 heavy (non-hydrogen) atoms. The van der Waals surface area contributed by atoms with Crippen LogP contribution >= 0.6 is 15.9 Å². The monoisotopic (exact) mass is 426 g/mol. The number of benzene rings is 2. The maximum absolute atomic E-state index is 13.5. The lowest BCUT2D eigenvalue weighted by molar-refractivity contribution is 0.507. The van der Waals surface area contributed by atoms with Gasteiger partial charge in [-0.05, 0) is 48.0 Å². The first-order chi connectivity index (χ1) is 13.1. The van der Waals surface area contributed by atoms with Crippen molar-refractivity contribution in [3.05, 3.63) is 82.6 Å². The first kappa shape index (κ1) is 17.5. The van der Waals surface area contributed by atoms with Crippen LogP contribution in [-0.2, 0) is 6.54 Å². The van der Waals surface area contributed by atoms with Gasteiger partial charge in [-0.15, -0.1) is 0 Å². The topological polar surface area (TPSA) is 50.7 Å². The highest BCUT2D eigenvalue weighted by atomic mass is 79.9. The lowest BCUT2D eigenvalue weighted by Gasteiger charge is -2.11. The molecule has 0 aliphatic rings. The number of hydrogen-bond acceptors (Lipinski definition) is 4. The molecule has 0 aliphatic heterocycles. The summed E-state index contributed by atoms with van der Waals surface area (Å²) >= 11 is 3.46. The van der Waals surface area contributed by atoms with E-state index in [1.54, 1.807) is 12.4 Å². The molecule has 0 amide bonds. The van der Waals surface area contributed by atoms with Crippen molar-refractivity contribution in [2.45, 2.75) is 6.54 Å². The Kier molecular flexibility index (Phi) is 4.77. The molecule has 2 heterocycles. The maximum Gasteiger partial charge on any atom is 0.163 e. The molecule has 0 spiro atoms. The lowest BCUT2D eigenvalue weighted by atomic mass is 10.2. The molecule has 4 nitrogen and oxygen atoms in total. The molecule has 4 aromatic rings. The van der Waals surface area contributed by atoms with Gasteiger partial charge in [0, 0.05) is 34.4 Å². The van der Waals surface area contributed by atoms with Crippen LogP contribution in [0, 0.1) is 11.6 Å². The van der Waals surface area contributed by atoms with Gasteiger partial charge in [0.15, 0.2) is 17.5 Å². The van der Waals surface area contributed by atoms with Crippen LogP contribution in [0.4, 0.5) is 14.6 Å². The average Bonchev–Trinajstić information content (AvgIpc) is 2.69. The largest absolute Gasteiger partial charge is 0.365 e. The molecule has 1 N–H and O–H groups in total. The molecule has 0 aliphatic carbocycles. The molecule has 2 aromatic heterocycles. The molecule has 0 saturated carbocycles. The molecule has 0 bridgehead atoms. The minimum absolute atomic E-state index is 0.294. The molecule has 0 unspecified atom stereocenters. The minimum Gasteiger partial charge on any atom is -0.365 e. The summed E-state index contributed by atoms with van der Waals surface area (Å²) in [4.78, 5) is 13.3. The molecular formula is C20H13BrF2N4. The zero-order valence-electron chi connectivity index (χ0n) is 14.0. The fourth-order valence-corrected chi connectivity index (χ4v) is 3.06. The Balaban J connectivity index is 1.75. The summed E-state index contributed by atoms with van der Waals surface area (Å²) in [6.07, 6.45) is 3.38. The molecule has 0 saturated heterocycles. The van der Waals surface area contributed by atoms with Crippen molar-refractivity contribution < 1.29 is 8.78 Å². The zero-order chi connectivity index (χ0) is 18.8. The van der Waals surface area contributed by atoms with Crippen molar-refractivity contribution >= 4 is 32.7 Å². The fourth-order valence-electron chi connectivity index (χ4n) is 2.69. The van der Waals surface area contributed by atoms with Crippen molar-refractivity contribution in [2.75, 3.05) is 5.32 Å². The van der Waals surface area contributed by atoms with E-state index in [4.69, 9.17) is 0 Å². The van der Waals surface area contributed by atoms with Crippen LogP contribution in [0.5, 0.6) is 0 Å². The van der Waals surface area contributed by atoms with E-state index in [1.807, 2.05) is 30.3 Å². The number of nitrogens with one attached hydrogen (secondary N) is 1. The molecule has 4 rings (SSSR count). The van der Waals surface area contributed by atoms with E-state index in [0.29, 0.717) is 23.8 Å². The summed E-state index contributed by atoms with van der Waals surface area (Å²) in [6, 6.07) is 13.2. The quantitative estimate of drug-likeness (QED) is 0.478. The number of nitrogens with zero attached hydrogens (tertiary/aromatic N) is 3. The van der Waals surface area contributed by atoms with E-state index in [9.17, 15) is 8.78 Å². The zero-order valence-corrected chi connectivity index (χ0v) is 15.5. The third kappa shape index (κ3) is 3.78. The summed E-state index contributed by atoms with van der Waals surface area (Å²) < 4.78 is 27.5. The molecule has 0 radical (unpaired) electrons. The summed E-state index contributed by atoms with van der Waals surface area (Å²) in [5.41, 5.74) is 2.16. The lowest BCUT2D eigenvalue weighted by Crippen LogP contribution is -2.05. The Hall–Kier alpha value is -2.93. The van der Waals surface area contributed by atoms with Crippen LogP contribution in [0.15, 0.2) is 65.4 Å². The summed E-state index contributed by atoms with van der Waals surface area (Å²) in [6.45, 7) is 0.294. The van der Waals surface area contributed by atoms with Crippen molar-refractivity contribution in [1.82, 2.24) is 15.0 Å². The molecule has 2 aromatic carbocycles. The Morgan fingerprint density at radius 1 is 0.963 bits per heavy atom. The second-order valence-corrected chi connectivity index (χ2v) is 6.82. The first-order valence-electron chi connectivity index (χ1n) is 8.15. The number of pyridine rings is 1. The second-order valence-electron chi connectivity index (χ2n) is 5.90. The highest BCUT2D eigenvalue weighted by Crippen LogP contribution is 2.27. The predicted octanol–water partition coefficient (Wildman–Crippen LogP) is 5.34. The van der Waals surface area contributed by atoms with Crippen LogP contribution in [0.2, 0.25) is 0 Å². The predicted molar refractivity (Wildman–Crippen MR) is 104 cm³/mol. The number of anilines is 1. The summed E-state index contributed by atoms with van der Waals surface area (Å²) in [5, 5.41) is 4.03. The number of hydrogen-bond donors (Lipinski definition) is 1. The van der Waals surface area contributed by atoms with E-state index < -0.39 is 11.6 Å². The average molecular weight is 427 g/mol. The highest BCUT2D eigenvalue weighted by Gasteiger charge is 2.11. The van der Waals surface area contributed by atoms with Gasteiger partial charge in [0.1, 0.15) is 5.82 Å². The summed E-state index contributed by atoms with van der Waals surface area (Å²) in [7, 11) is 0. The highest BCUT2D eigenvalue weighted by molar-refractivity contribution is 9.10. The van der Waals surface area contributed by atoms with Crippen LogP contribution in [0.3, 0.4) is 0 Å². The molecule has 0 fully saturated rings. The maximum atomic E-state index is 13.5.